The Morgan fingerprint density at radius 2 is 1.90 bits per heavy atom. The number of carbonyl (C=O) groups is 1. The lowest BCUT2D eigenvalue weighted by Gasteiger charge is -2.19. The number of nitrogens with zero attached hydrogens (tertiary/aromatic N) is 1. The predicted molar refractivity (Wildman–Crippen MR) is 85.6 cm³/mol. The fourth-order valence-electron chi connectivity index (χ4n) is 2.39. The van der Waals surface area contributed by atoms with E-state index in [1.165, 1.54) is 30.4 Å². The number of allylic oxidation sites excluding steroid dienone is 4. The highest BCUT2D eigenvalue weighted by molar-refractivity contribution is 5.80. The Morgan fingerprint density at radius 1 is 1.20 bits per heavy atom. The van der Waals surface area contributed by atoms with Crippen LogP contribution in [0.2, 0.25) is 0 Å². The van der Waals surface area contributed by atoms with Gasteiger partial charge in [-0.2, -0.15) is 5.10 Å². The number of hydrogen-bond donors (Lipinski definition) is 1. The van der Waals surface area contributed by atoms with Crippen molar-refractivity contribution in [2.75, 3.05) is 0 Å². The lowest BCUT2D eigenvalue weighted by molar-refractivity contribution is -0.125. The molecule has 1 amide bonds. The van der Waals surface area contributed by atoms with E-state index in [2.05, 4.69) is 37.4 Å². The first-order chi connectivity index (χ1) is 9.59. The Kier molecular flexibility index (Phi) is 7.93. The molecule has 0 unspecified atom stereocenters. The Hall–Kier alpha value is -1.38. The van der Waals surface area contributed by atoms with Crippen molar-refractivity contribution in [1.82, 2.24) is 5.43 Å². The van der Waals surface area contributed by atoms with E-state index in [0.29, 0.717) is 0 Å². The van der Waals surface area contributed by atoms with E-state index in [-0.39, 0.29) is 11.8 Å². The molecule has 0 aromatic carbocycles. The zero-order valence-corrected chi connectivity index (χ0v) is 13.1. The van der Waals surface area contributed by atoms with Crippen LogP contribution in [0.15, 0.2) is 28.4 Å². The summed E-state index contributed by atoms with van der Waals surface area (Å²) >= 11 is 0. The molecule has 0 spiro atoms. The maximum absolute atomic E-state index is 11.8. The van der Waals surface area contributed by atoms with Crippen molar-refractivity contribution < 1.29 is 4.79 Å². The van der Waals surface area contributed by atoms with Crippen LogP contribution in [0.1, 0.15) is 65.7 Å². The van der Waals surface area contributed by atoms with Gasteiger partial charge in [-0.25, -0.2) is 5.43 Å². The van der Waals surface area contributed by atoms with E-state index in [1.807, 2.05) is 6.08 Å². The molecule has 1 saturated carbocycles. The SMILES string of the molecule is CC(C)=CCC/C(C)=C/C=N/NC(=O)C1CCCCC1. The summed E-state index contributed by atoms with van der Waals surface area (Å²) in [5, 5.41) is 4.01. The van der Waals surface area contributed by atoms with Crippen molar-refractivity contribution in [2.24, 2.45) is 11.0 Å². The van der Waals surface area contributed by atoms with Crippen LogP contribution < -0.4 is 5.43 Å². The van der Waals surface area contributed by atoms with Gasteiger partial charge in [0.25, 0.3) is 0 Å². The zero-order chi connectivity index (χ0) is 14.8. The van der Waals surface area contributed by atoms with Crippen LogP contribution in [0.25, 0.3) is 0 Å². The monoisotopic (exact) mass is 276 g/mol. The number of hydrogen-bond acceptors (Lipinski definition) is 2. The van der Waals surface area contributed by atoms with Gasteiger partial charge in [-0.05, 0) is 52.5 Å². The smallest absolute Gasteiger partial charge is 0.243 e. The van der Waals surface area contributed by atoms with Gasteiger partial charge in [-0.3, -0.25) is 4.79 Å². The molecule has 3 heteroatoms. The molecule has 1 aliphatic carbocycles. The molecule has 3 nitrogen and oxygen atoms in total. The van der Waals surface area contributed by atoms with E-state index < -0.39 is 0 Å². The first-order valence-corrected chi connectivity index (χ1v) is 7.71. The highest BCUT2D eigenvalue weighted by Gasteiger charge is 2.20. The van der Waals surface area contributed by atoms with Crippen molar-refractivity contribution in [1.29, 1.82) is 0 Å². The lowest BCUT2D eigenvalue weighted by atomic mass is 9.89. The van der Waals surface area contributed by atoms with Gasteiger partial charge in [0.2, 0.25) is 5.91 Å². The Balaban J connectivity index is 2.25. The van der Waals surface area contributed by atoms with E-state index in [4.69, 9.17) is 0 Å². The fourth-order valence-corrected chi connectivity index (χ4v) is 2.39. The normalized spacial score (nSPS) is 17.2. The average Bonchev–Trinajstić information content (AvgIpc) is 2.44. The van der Waals surface area contributed by atoms with Crippen molar-refractivity contribution >= 4 is 12.1 Å². The standard InChI is InChI=1S/C17H28N2O/c1-14(2)8-7-9-15(3)12-13-18-19-17(20)16-10-5-4-6-11-16/h8,12-13,16H,4-7,9-11H2,1-3H3,(H,19,20)/b15-12+,18-13+. The van der Waals surface area contributed by atoms with E-state index in [9.17, 15) is 4.79 Å². The molecule has 0 aromatic heterocycles. The summed E-state index contributed by atoms with van der Waals surface area (Å²) in [4.78, 5) is 11.8. The number of rotatable bonds is 6. The minimum absolute atomic E-state index is 0.0801. The summed E-state index contributed by atoms with van der Waals surface area (Å²) < 4.78 is 0. The van der Waals surface area contributed by atoms with Crippen LogP contribution >= 0.6 is 0 Å². The van der Waals surface area contributed by atoms with Crippen molar-refractivity contribution in [3.8, 4) is 0 Å². The molecule has 20 heavy (non-hydrogen) atoms. The molecule has 0 atom stereocenters. The number of hydrazone groups is 1. The van der Waals surface area contributed by atoms with Gasteiger partial charge in [0, 0.05) is 12.1 Å². The maximum Gasteiger partial charge on any atom is 0.243 e. The summed E-state index contributed by atoms with van der Waals surface area (Å²) in [5.41, 5.74) is 5.29. The minimum Gasteiger partial charge on any atom is -0.273 e. The van der Waals surface area contributed by atoms with Crippen molar-refractivity contribution in [2.45, 2.75) is 65.7 Å². The van der Waals surface area contributed by atoms with Gasteiger partial charge in [0.15, 0.2) is 0 Å². The van der Waals surface area contributed by atoms with Gasteiger partial charge in [-0.1, -0.05) is 36.5 Å². The third-order valence-corrected chi connectivity index (χ3v) is 3.68. The van der Waals surface area contributed by atoms with Crippen LogP contribution in [-0.4, -0.2) is 12.1 Å². The molecule has 1 rings (SSSR count). The zero-order valence-electron chi connectivity index (χ0n) is 13.1. The quantitative estimate of drug-likeness (QED) is 0.437. The molecule has 0 aliphatic heterocycles. The molecule has 1 N–H and O–H groups in total. The molecule has 0 aromatic rings. The van der Waals surface area contributed by atoms with Gasteiger partial charge in [0.05, 0.1) is 0 Å². The van der Waals surface area contributed by atoms with Gasteiger partial charge >= 0.3 is 0 Å². The molecular weight excluding hydrogens is 248 g/mol. The second-order valence-electron chi connectivity index (χ2n) is 5.92. The van der Waals surface area contributed by atoms with Crippen LogP contribution in [0.3, 0.4) is 0 Å². The Bertz CT molecular complexity index is 384. The minimum atomic E-state index is 0.0801. The van der Waals surface area contributed by atoms with Crippen LogP contribution in [-0.2, 0) is 4.79 Å². The Labute approximate surface area is 123 Å². The highest BCUT2D eigenvalue weighted by Crippen LogP contribution is 2.23. The lowest BCUT2D eigenvalue weighted by Crippen LogP contribution is -2.28. The van der Waals surface area contributed by atoms with Crippen LogP contribution in [0.5, 0.6) is 0 Å². The van der Waals surface area contributed by atoms with E-state index in [1.54, 1.807) is 6.21 Å². The molecule has 0 bridgehead atoms. The molecule has 0 radical (unpaired) electrons. The highest BCUT2D eigenvalue weighted by atomic mass is 16.2. The molecular formula is C17H28N2O. The van der Waals surface area contributed by atoms with Gasteiger partial charge < -0.3 is 0 Å². The number of nitrogens with one attached hydrogen (secondary N) is 1. The third kappa shape index (κ3) is 7.27. The second kappa shape index (κ2) is 9.51. The van der Waals surface area contributed by atoms with Gasteiger partial charge in [0.1, 0.15) is 0 Å². The van der Waals surface area contributed by atoms with E-state index >= 15 is 0 Å². The summed E-state index contributed by atoms with van der Waals surface area (Å²) in [7, 11) is 0. The van der Waals surface area contributed by atoms with Crippen molar-refractivity contribution in [3.05, 3.63) is 23.3 Å². The third-order valence-electron chi connectivity index (χ3n) is 3.68. The Morgan fingerprint density at radius 3 is 2.55 bits per heavy atom. The maximum atomic E-state index is 11.8. The number of amides is 1. The summed E-state index contributed by atoms with van der Waals surface area (Å²) in [6.07, 6.45) is 13.6. The molecule has 1 aliphatic rings. The van der Waals surface area contributed by atoms with Gasteiger partial charge in [-0.15, -0.1) is 0 Å². The fraction of sp³-hybridized carbons (Fsp3) is 0.647. The number of carbonyl (C=O) groups excluding carboxylic acids is 1. The molecule has 112 valence electrons. The molecule has 0 saturated heterocycles. The van der Waals surface area contributed by atoms with Crippen molar-refractivity contribution in [3.63, 3.8) is 0 Å². The largest absolute Gasteiger partial charge is 0.273 e. The second-order valence-corrected chi connectivity index (χ2v) is 5.92. The molecule has 0 heterocycles. The van der Waals surface area contributed by atoms with Crippen LogP contribution in [0, 0.1) is 5.92 Å². The van der Waals surface area contributed by atoms with Crippen LogP contribution in [0.4, 0.5) is 0 Å². The predicted octanol–water partition coefficient (Wildman–Crippen LogP) is 4.36. The summed E-state index contributed by atoms with van der Waals surface area (Å²) in [5.74, 6) is 0.250. The summed E-state index contributed by atoms with van der Waals surface area (Å²) in [6, 6.07) is 0. The first-order valence-electron chi connectivity index (χ1n) is 7.71. The average molecular weight is 276 g/mol. The topological polar surface area (TPSA) is 41.5 Å². The van der Waals surface area contributed by atoms with E-state index in [0.717, 1.165) is 25.7 Å². The molecule has 1 fully saturated rings. The summed E-state index contributed by atoms with van der Waals surface area (Å²) in [6.45, 7) is 6.32. The first kappa shape index (κ1) is 16.7.